The summed E-state index contributed by atoms with van der Waals surface area (Å²) in [6.45, 7) is 0.279. The van der Waals surface area contributed by atoms with Crippen molar-refractivity contribution in [2.45, 2.75) is 11.7 Å². The van der Waals surface area contributed by atoms with Gasteiger partial charge in [-0.2, -0.15) is 0 Å². The van der Waals surface area contributed by atoms with Gasteiger partial charge < -0.3 is 28.5 Å². The third kappa shape index (κ3) is 1.40. The van der Waals surface area contributed by atoms with Gasteiger partial charge in [-0.15, -0.1) is 0 Å². The molecule has 0 saturated carbocycles. The van der Waals surface area contributed by atoms with Crippen LogP contribution < -0.4 is 18.9 Å². The molecule has 0 spiro atoms. The first-order chi connectivity index (χ1) is 11.7. The Labute approximate surface area is 136 Å². The lowest BCUT2D eigenvalue weighted by Gasteiger charge is -2.34. The Kier molecular flexibility index (Phi) is 2.07. The summed E-state index contributed by atoms with van der Waals surface area (Å²) in [5.41, 5.74) is 0.946. The fraction of sp³-hybridized carbons (Fsp3) is 0.222. The van der Waals surface area contributed by atoms with E-state index in [9.17, 15) is 5.11 Å². The van der Waals surface area contributed by atoms with Crippen molar-refractivity contribution < 1.29 is 28.5 Å². The molecule has 1 N–H and O–H groups in total. The van der Waals surface area contributed by atoms with Crippen LogP contribution in [0.1, 0.15) is 17.2 Å². The zero-order valence-corrected chi connectivity index (χ0v) is 12.4. The van der Waals surface area contributed by atoms with E-state index in [1.54, 1.807) is 18.4 Å². The average molecular weight is 324 g/mol. The van der Waals surface area contributed by atoms with Crippen LogP contribution in [0.5, 0.6) is 23.0 Å². The molecule has 2 aromatic carbocycles. The van der Waals surface area contributed by atoms with Crippen molar-refractivity contribution >= 4 is 11.0 Å². The molecule has 6 nitrogen and oxygen atoms in total. The maximum Gasteiger partial charge on any atom is 0.231 e. The summed E-state index contributed by atoms with van der Waals surface area (Å²) >= 11 is 0. The van der Waals surface area contributed by atoms with Crippen LogP contribution in [-0.2, 0) is 5.60 Å². The van der Waals surface area contributed by atoms with Crippen LogP contribution in [0.15, 0.2) is 41.0 Å². The molecule has 120 valence electrons. The first kappa shape index (κ1) is 12.5. The summed E-state index contributed by atoms with van der Waals surface area (Å²) in [5, 5.41) is 12.2. The SMILES string of the molecule is O[C@@]12COc3cc4occc4cc3[C@H]1Oc1cc3c(cc12)OCO3. The van der Waals surface area contributed by atoms with Gasteiger partial charge in [0.1, 0.15) is 23.7 Å². The molecule has 0 saturated heterocycles. The van der Waals surface area contributed by atoms with Crippen LogP contribution in [0.3, 0.4) is 0 Å². The van der Waals surface area contributed by atoms with E-state index >= 15 is 0 Å². The van der Waals surface area contributed by atoms with Gasteiger partial charge in [0.2, 0.25) is 6.79 Å². The normalized spacial score (nSPS) is 25.6. The molecule has 4 heterocycles. The number of aliphatic hydroxyl groups is 1. The van der Waals surface area contributed by atoms with Crippen molar-refractivity contribution in [3.05, 3.63) is 47.7 Å². The number of benzene rings is 2. The number of hydrogen-bond donors (Lipinski definition) is 1. The predicted octanol–water partition coefficient (Wildman–Crippen LogP) is 2.88. The number of fused-ring (bicyclic) bond motifs is 7. The van der Waals surface area contributed by atoms with Crippen LogP contribution in [0.25, 0.3) is 11.0 Å². The highest BCUT2D eigenvalue weighted by molar-refractivity contribution is 5.80. The van der Waals surface area contributed by atoms with Gasteiger partial charge in [0, 0.05) is 28.6 Å². The molecular weight excluding hydrogens is 312 g/mol. The topological polar surface area (TPSA) is 70.3 Å². The molecule has 3 aromatic rings. The third-order valence-corrected chi connectivity index (χ3v) is 4.93. The van der Waals surface area contributed by atoms with Gasteiger partial charge in [-0.3, -0.25) is 0 Å². The van der Waals surface area contributed by atoms with Crippen molar-refractivity contribution in [2.24, 2.45) is 0 Å². The summed E-state index contributed by atoms with van der Waals surface area (Å²) in [6, 6.07) is 9.20. The van der Waals surface area contributed by atoms with Crippen molar-refractivity contribution in [1.29, 1.82) is 0 Å². The zero-order chi connectivity index (χ0) is 15.9. The minimum Gasteiger partial charge on any atom is -0.489 e. The van der Waals surface area contributed by atoms with E-state index in [-0.39, 0.29) is 13.4 Å². The van der Waals surface area contributed by atoms with Crippen LogP contribution in [0, 0.1) is 0 Å². The van der Waals surface area contributed by atoms with E-state index in [2.05, 4.69) is 0 Å². The molecule has 0 amide bonds. The van der Waals surface area contributed by atoms with Crippen LogP contribution in [0.4, 0.5) is 0 Å². The number of ether oxygens (including phenoxy) is 4. The van der Waals surface area contributed by atoms with Gasteiger partial charge in [0.15, 0.2) is 23.2 Å². The maximum atomic E-state index is 11.3. The molecule has 0 fully saturated rings. The highest BCUT2D eigenvalue weighted by atomic mass is 16.7. The first-order valence-electron chi connectivity index (χ1n) is 7.69. The van der Waals surface area contributed by atoms with Gasteiger partial charge in [0.05, 0.1) is 6.26 Å². The Bertz CT molecular complexity index is 1010. The van der Waals surface area contributed by atoms with E-state index in [0.717, 1.165) is 16.5 Å². The molecule has 0 unspecified atom stereocenters. The summed E-state index contributed by atoms with van der Waals surface area (Å²) in [4.78, 5) is 0. The van der Waals surface area contributed by atoms with E-state index < -0.39 is 11.7 Å². The lowest BCUT2D eigenvalue weighted by Crippen LogP contribution is -2.41. The number of hydrogen-bond acceptors (Lipinski definition) is 6. The number of rotatable bonds is 0. The van der Waals surface area contributed by atoms with E-state index in [4.69, 9.17) is 23.4 Å². The van der Waals surface area contributed by atoms with Crippen LogP contribution in [0.2, 0.25) is 0 Å². The Hall–Kier alpha value is -2.86. The Morgan fingerprint density at radius 1 is 0.958 bits per heavy atom. The fourth-order valence-electron chi connectivity index (χ4n) is 3.73. The summed E-state index contributed by atoms with van der Waals surface area (Å²) in [7, 11) is 0. The Balaban J connectivity index is 1.55. The second-order valence-electron chi connectivity index (χ2n) is 6.26. The van der Waals surface area contributed by atoms with Gasteiger partial charge in [-0.1, -0.05) is 0 Å². The molecule has 1 aromatic heterocycles. The monoisotopic (exact) mass is 324 g/mol. The van der Waals surface area contributed by atoms with Gasteiger partial charge in [-0.25, -0.2) is 0 Å². The molecule has 0 radical (unpaired) electrons. The van der Waals surface area contributed by atoms with E-state index in [1.807, 2.05) is 18.2 Å². The maximum absolute atomic E-state index is 11.3. The molecular formula is C18H12O6. The standard InChI is InChI=1S/C18H12O6/c19-18-7-21-13-5-12-9(1-2-20-12)3-10(13)17(18)24-14-6-16-15(4-11(14)18)22-8-23-16/h1-6,17,19H,7-8H2/t17-,18-/m1/s1. The smallest absolute Gasteiger partial charge is 0.231 e. The minimum atomic E-state index is -1.26. The summed E-state index contributed by atoms with van der Waals surface area (Å²) in [5.74, 6) is 2.50. The van der Waals surface area contributed by atoms with Gasteiger partial charge in [0.25, 0.3) is 0 Å². The lowest BCUT2D eigenvalue weighted by molar-refractivity contribution is -0.0863. The first-order valence-corrected chi connectivity index (χ1v) is 7.69. The second-order valence-corrected chi connectivity index (χ2v) is 6.26. The molecule has 24 heavy (non-hydrogen) atoms. The highest BCUT2D eigenvalue weighted by Crippen LogP contribution is 2.56. The van der Waals surface area contributed by atoms with Crippen LogP contribution >= 0.6 is 0 Å². The third-order valence-electron chi connectivity index (χ3n) is 4.93. The Morgan fingerprint density at radius 2 is 1.83 bits per heavy atom. The molecule has 0 bridgehead atoms. The van der Waals surface area contributed by atoms with Crippen molar-refractivity contribution in [3.8, 4) is 23.0 Å². The largest absolute Gasteiger partial charge is 0.489 e. The second kappa shape index (κ2) is 3.96. The predicted molar refractivity (Wildman–Crippen MR) is 81.5 cm³/mol. The molecule has 3 aliphatic rings. The quantitative estimate of drug-likeness (QED) is 0.686. The van der Waals surface area contributed by atoms with E-state index in [1.165, 1.54) is 0 Å². The summed E-state index contributed by atoms with van der Waals surface area (Å²) < 4.78 is 28.2. The highest BCUT2D eigenvalue weighted by Gasteiger charge is 2.53. The van der Waals surface area contributed by atoms with Crippen LogP contribution in [-0.4, -0.2) is 18.5 Å². The van der Waals surface area contributed by atoms with Crippen molar-refractivity contribution in [2.75, 3.05) is 13.4 Å². The van der Waals surface area contributed by atoms with E-state index in [0.29, 0.717) is 28.6 Å². The molecule has 6 rings (SSSR count). The minimum absolute atomic E-state index is 0.101. The summed E-state index contributed by atoms with van der Waals surface area (Å²) in [6.07, 6.45) is 1.09. The molecule has 2 atom stereocenters. The Morgan fingerprint density at radius 3 is 2.75 bits per heavy atom. The average Bonchev–Trinajstić information content (AvgIpc) is 3.28. The number of furan rings is 1. The zero-order valence-electron chi connectivity index (χ0n) is 12.4. The van der Waals surface area contributed by atoms with Crippen molar-refractivity contribution in [3.63, 3.8) is 0 Å². The molecule has 0 aliphatic carbocycles. The van der Waals surface area contributed by atoms with Gasteiger partial charge >= 0.3 is 0 Å². The fourth-order valence-corrected chi connectivity index (χ4v) is 3.73. The van der Waals surface area contributed by atoms with Crippen molar-refractivity contribution in [1.82, 2.24) is 0 Å². The molecule has 3 aliphatic heterocycles. The lowest BCUT2D eigenvalue weighted by atomic mass is 9.84. The molecule has 6 heteroatoms. The van der Waals surface area contributed by atoms with Gasteiger partial charge in [-0.05, 0) is 18.2 Å².